The van der Waals surface area contributed by atoms with E-state index in [1.165, 1.54) is 6.08 Å². The highest BCUT2D eigenvalue weighted by Gasteiger charge is 2.10. The Hall–Kier alpha value is -1.78. The number of hydrogen-bond acceptors (Lipinski definition) is 4. The second-order valence-electron chi connectivity index (χ2n) is 1.90. The van der Waals surface area contributed by atoms with Crippen molar-refractivity contribution < 1.29 is 19.1 Å². The smallest absolute Gasteiger partial charge is 0.394 e. The summed E-state index contributed by atoms with van der Waals surface area (Å²) in [5.41, 5.74) is -0.172. The van der Waals surface area contributed by atoms with Gasteiger partial charge in [-0.15, -0.1) is 0 Å². The molecule has 1 N–H and O–H groups in total. The van der Waals surface area contributed by atoms with Gasteiger partial charge in [-0.2, -0.15) is 4.98 Å². The molecular weight excluding hydrogens is 162 g/mol. The molecule has 0 atom stereocenters. The summed E-state index contributed by atoms with van der Waals surface area (Å²) >= 11 is 0. The fourth-order valence-electron chi connectivity index (χ4n) is 0.552. The van der Waals surface area contributed by atoms with Gasteiger partial charge in [0, 0.05) is 0 Å². The Morgan fingerprint density at radius 3 is 3.17 bits per heavy atom. The molecular formula is C7H7NO4. The van der Waals surface area contributed by atoms with E-state index >= 15 is 0 Å². The van der Waals surface area contributed by atoms with Crippen LogP contribution in [0.25, 0.3) is 0 Å². The van der Waals surface area contributed by atoms with E-state index in [2.05, 4.69) is 16.0 Å². The van der Waals surface area contributed by atoms with E-state index in [1.54, 1.807) is 0 Å². The Labute approximate surface area is 68.3 Å². The van der Waals surface area contributed by atoms with Gasteiger partial charge in [-0.1, -0.05) is 12.7 Å². The first kappa shape index (κ1) is 8.32. The first-order chi connectivity index (χ1) is 5.74. The summed E-state index contributed by atoms with van der Waals surface area (Å²) in [5.74, 6) is -1.15. The number of nitrogens with zero attached hydrogens (tertiary/aromatic N) is 1. The van der Waals surface area contributed by atoms with Crippen LogP contribution in [0.3, 0.4) is 0 Å². The molecule has 1 rings (SSSR count). The van der Waals surface area contributed by atoms with E-state index in [1.807, 2.05) is 0 Å². The van der Waals surface area contributed by atoms with Crippen molar-refractivity contribution >= 4 is 5.97 Å². The van der Waals surface area contributed by atoms with Crippen LogP contribution in [0.5, 0.6) is 6.08 Å². The molecule has 0 radical (unpaired) electrons. The summed E-state index contributed by atoms with van der Waals surface area (Å²) in [6, 6.07) is 0. The van der Waals surface area contributed by atoms with E-state index in [-0.39, 0.29) is 18.4 Å². The molecule has 0 aliphatic carbocycles. The van der Waals surface area contributed by atoms with E-state index in [0.717, 1.165) is 6.26 Å². The Morgan fingerprint density at radius 1 is 1.92 bits per heavy atom. The van der Waals surface area contributed by atoms with Crippen molar-refractivity contribution in [3.63, 3.8) is 0 Å². The summed E-state index contributed by atoms with van der Waals surface area (Å²) in [4.78, 5) is 13.8. The molecule has 0 spiro atoms. The average molecular weight is 169 g/mol. The third-order valence-corrected chi connectivity index (χ3v) is 1.03. The Balaban J connectivity index is 2.64. The molecule has 0 fully saturated rings. The summed E-state index contributed by atoms with van der Waals surface area (Å²) in [7, 11) is 0. The lowest BCUT2D eigenvalue weighted by molar-refractivity contribution is 0.0690. The van der Waals surface area contributed by atoms with Crippen molar-refractivity contribution in [1.29, 1.82) is 0 Å². The maximum absolute atomic E-state index is 10.3. The van der Waals surface area contributed by atoms with Crippen LogP contribution in [-0.2, 0) is 0 Å². The van der Waals surface area contributed by atoms with Crippen molar-refractivity contribution in [2.45, 2.75) is 0 Å². The number of carbonyl (C=O) groups is 1. The molecule has 0 bridgehead atoms. The van der Waals surface area contributed by atoms with Gasteiger partial charge in [0.1, 0.15) is 12.9 Å². The lowest BCUT2D eigenvalue weighted by atomic mass is 10.5. The first-order valence-corrected chi connectivity index (χ1v) is 3.16. The molecule has 0 amide bonds. The zero-order valence-electron chi connectivity index (χ0n) is 6.19. The van der Waals surface area contributed by atoms with Crippen LogP contribution >= 0.6 is 0 Å². The Morgan fingerprint density at radius 2 is 2.67 bits per heavy atom. The van der Waals surface area contributed by atoms with Gasteiger partial charge in [-0.25, -0.2) is 4.79 Å². The normalized spacial score (nSPS) is 9.33. The number of aromatic nitrogens is 1. The lowest BCUT2D eigenvalue weighted by Gasteiger charge is -1.92. The molecule has 0 saturated heterocycles. The first-order valence-electron chi connectivity index (χ1n) is 3.16. The summed E-state index contributed by atoms with van der Waals surface area (Å²) in [6.45, 7) is 3.64. The van der Waals surface area contributed by atoms with Gasteiger partial charge >= 0.3 is 12.0 Å². The fraction of sp³-hybridized carbons (Fsp3) is 0.143. The van der Waals surface area contributed by atoms with Crippen molar-refractivity contribution in [3.05, 3.63) is 24.6 Å². The second kappa shape index (κ2) is 3.56. The van der Waals surface area contributed by atoms with E-state index < -0.39 is 5.97 Å². The van der Waals surface area contributed by atoms with Gasteiger partial charge < -0.3 is 14.3 Å². The zero-order chi connectivity index (χ0) is 8.97. The minimum Gasteiger partial charge on any atom is -0.476 e. The highest BCUT2D eigenvalue weighted by Crippen LogP contribution is 2.09. The number of carboxylic acids is 1. The van der Waals surface area contributed by atoms with Crippen LogP contribution in [0.15, 0.2) is 23.3 Å². The van der Waals surface area contributed by atoms with Crippen LogP contribution in [0.1, 0.15) is 10.5 Å². The number of carboxylic acid groups (broad SMARTS) is 1. The number of ether oxygens (including phenoxy) is 1. The molecule has 12 heavy (non-hydrogen) atoms. The van der Waals surface area contributed by atoms with Gasteiger partial charge in [-0.3, -0.25) is 0 Å². The second-order valence-corrected chi connectivity index (χ2v) is 1.90. The molecule has 1 aromatic rings. The highest BCUT2D eigenvalue weighted by molar-refractivity contribution is 5.84. The topological polar surface area (TPSA) is 72.6 Å². The van der Waals surface area contributed by atoms with Crippen LogP contribution in [-0.4, -0.2) is 22.7 Å². The van der Waals surface area contributed by atoms with Crippen molar-refractivity contribution in [3.8, 4) is 6.08 Å². The minimum absolute atomic E-state index is 0.0627. The Bertz CT molecular complexity index is 291. The molecule has 0 aliphatic rings. The number of oxazole rings is 1. The molecule has 0 saturated carbocycles. The van der Waals surface area contributed by atoms with Gasteiger partial charge in [0.05, 0.1) is 0 Å². The number of rotatable bonds is 4. The summed E-state index contributed by atoms with van der Waals surface area (Å²) < 4.78 is 9.49. The van der Waals surface area contributed by atoms with E-state index in [9.17, 15) is 4.79 Å². The lowest BCUT2D eigenvalue weighted by Crippen LogP contribution is -1.97. The molecule has 1 heterocycles. The van der Waals surface area contributed by atoms with Crippen molar-refractivity contribution in [2.75, 3.05) is 6.61 Å². The molecule has 0 aromatic carbocycles. The zero-order valence-corrected chi connectivity index (χ0v) is 6.19. The molecule has 0 unspecified atom stereocenters. The highest BCUT2D eigenvalue weighted by atomic mass is 16.6. The van der Waals surface area contributed by atoms with Crippen LogP contribution in [0.4, 0.5) is 0 Å². The predicted molar refractivity (Wildman–Crippen MR) is 39.2 cm³/mol. The maximum atomic E-state index is 10.3. The molecule has 5 nitrogen and oxygen atoms in total. The summed E-state index contributed by atoms with van der Waals surface area (Å²) in [5, 5.41) is 8.43. The largest absolute Gasteiger partial charge is 0.476 e. The van der Waals surface area contributed by atoms with Crippen molar-refractivity contribution in [2.24, 2.45) is 0 Å². The molecule has 64 valence electrons. The Kier molecular flexibility index (Phi) is 2.47. The third kappa shape index (κ3) is 1.85. The van der Waals surface area contributed by atoms with Gasteiger partial charge in [-0.05, 0) is 0 Å². The molecule has 0 aliphatic heterocycles. The van der Waals surface area contributed by atoms with E-state index in [4.69, 9.17) is 9.84 Å². The number of aromatic carboxylic acids is 1. The maximum Gasteiger partial charge on any atom is 0.394 e. The average Bonchev–Trinajstić information content (AvgIpc) is 2.48. The SMILES string of the molecule is C=CCOc1nc(C(=O)O)co1. The molecule has 1 aromatic heterocycles. The predicted octanol–water partition coefficient (Wildman–Crippen LogP) is 0.938. The van der Waals surface area contributed by atoms with Crippen LogP contribution in [0, 0.1) is 0 Å². The summed E-state index contributed by atoms with van der Waals surface area (Å²) in [6.07, 6.45) is 2.46. The molecule has 5 heteroatoms. The van der Waals surface area contributed by atoms with Gasteiger partial charge in [0.15, 0.2) is 5.69 Å². The third-order valence-electron chi connectivity index (χ3n) is 1.03. The number of hydrogen-bond donors (Lipinski definition) is 1. The minimum atomic E-state index is -1.15. The van der Waals surface area contributed by atoms with Gasteiger partial charge in [0.2, 0.25) is 0 Å². The van der Waals surface area contributed by atoms with Gasteiger partial charge in [0.25, 0.3) is 0 Å². The monoisotopic (exact) mass is 169 g/mol. The van der Waals surface area contributed by atoms with Crippen LogP contribution in [0.2, 0.25) is 0 Å². The fourth-order valence-corrected chi connectivity index (χ4v) is 0.552. The van der Waals surface area contributed by atoms with E-state index in [0.29, 0.717) is 0 Å². The van der Waals surface area contributed by atoms with Crippen molar-refractivity contribution in [1.82, 2.24) is 4.98 Å². The quantitative estimate of drug-likeness (QED) is 0.679. The van der Waals surface area contributed by atoms with Crippen LogP contribution < -0.4 is 4.74 Å². The standard InChI is InChI=1S/C7H7NO4/c1-2-3-11-7-8-5(4-12-7)6(9)10/h2,4H,1,3H2,(H,9,10).